The smallest absolute Gasteiger partial charge is 0.414 e. The maximum Gasteiger partial charge on any atom is 0.414 e. The predicted octanol–water partition coefficient (Wildman–Crippen LogP) is 2.47. The molecule has 0 radical (unpaired) electrons. The molecule has 1 fully saturated rings. The molecule has 1 saturated heterocycles. The maximum atomic E-state index is 12.4. The Morgan fingerprint density at radius 3 is 2.82 bits per heavy atom. The number of hydrogen-bond acceptors (Lipinski definition) is 4. The van der Waals surface area contributed by atoms with Crippen LogP contribution in [-0.4, -0.2) is 37.5 Å². The molecule has 0 aromatic heterocycles. The van der Waals surface area contributed by atoms with Gasteiger partial charge in [-0.1, -0.05) is 18.2 Å². The van der Waals surface area contributed by atoms with Gasteiger partial charge in [-0.05, 0) is 38.3 Å². The SMILES string of the molecule is CC(C)(C)OC(=O)N1CCc2cccc(CNC3COC3)c21. The van der Waals surface area contributed by atoms with Gasteiger partial charge >= 0.3 is 6.09 Å². The van der Waals surface area contributed by atoms with Crippen molar-refractivity contribution in [2.45, 2.75) is 45.4 Å². The van der Waals surface area contributed by atoms with Crippen molar-refractivity contribution in [3.05, 3.63) is 29.3 Å². The van der Waals surface area contributed by atoms with Crippen LogP contribution in [0.2, 0.25) is 0 Å². The highest BCUT2D eigenvalue weighted by Crippen LogP contribution is 2.33. The number of nitrogens with one attached hydrogen (secondary N) is 1. The molecule has 0 unspecified atom stereocenters. The van der Waals surface area contributed by atoms with Crippen LogP contribution in [0.15, 0.2) is 18.2 Å². The molecule has 0 saturated carbocycles. The fourth-order valence-corrected chi connectivity index (χ4v) is 2.79. The first-order valence-corrected chi connectivity index (χ1v) is 7.86. The number of carbonyl (C=O) groups is 1. The highest BCUT2D eigenvalue weighted by Gasteiger charge is 2.31. The molecule has 0 spiro atoms. The summed E-state index contributed by atoms with van der Waals surface area (Å²) in [6.45, 7) is 8.66. The minimum atomic E-state index is -0.476. The Morgan fingerprint density at radius 1 is 1.41 bits per heavy atom. The fourth-order valence-electron chi connectivity index (χ4n) is 2.79. The van der Waals surface area contributed by atoms with Crippen molar-refractivity contribution in [1.82, 2.24) is 5.32 Å². The van der Waals surface area contributed by atoms with E-state index < -0.39 is 5.60 Å². The zero-order valence-electron chi connectivity index (χ0n) is 13.5. The number of para-hydroxylation sites is 1. The number of ether oxygens (including phenoxy) is 2. The van der Waals surface area contributed by atoms with Gasteiger partial charge in [0.25, 0.3) is 0 Å². The average molecular weight is 304 g/mol. The predicted molar refractivity (Wildman–Crippen MR) is 85.2 cm³/mol. The quantitative estimate of drug-likeness (QED) is 0.932. The summed E-state index contributed by atoms with van der Waals surface area (Å²) in [5.74, 6) is 0. The summed E-state index contributed by atoms with van der Waals surface area (Å²) in [6, 6.07) is 6.65. The molecular weight excluding hydrogens is 280 g/mol. The maximum absolute atomic E-state index is 12.4. The van der Waals surface area contributed by atoms with Gasteiger partial charge in [-0.25, -0.2) is 4.79 Å². The van der Waals surface area contributed by atoms with Gasteiger partial charge in [-0.3, -0.25) is 4.90 Å². The van der Waals surface area contributed by atoms with E-state index in [0.29, 0.717) is 12.6 Å². The van der Waals surface area contributed by atoms with Gasteiger partial charge in [0.05, 0.1) is 24.9 Å². The van der Waals surface area contributed by atoms with Crippen LogP contribution in [0, 0.1) is 0 Å². The molecule has 0 bridgehead atoms. The first-order chi connectivity index (χ1) is 10.4. The molecule has 120 valence electrons. The number of anilines is 1. The molecule has 2 aliphatic heterocycles. The van der Waals surface area contributed by atoms with Crippen LogP contribution in [0.1, 0.15) is 31.9 Å². The van der Waals surface area contributed by atoms with Gasteiger partial charge in [-0.15, -0.1) is 0 Å². The van der Waals surface area contributed by atoms with E-state index in [9.17, 15) is 4.79 Å². The zero-order chi connectivity index (χ0) is 15.7. The van der Waals surface area contributed by atoms with Crippen LogP contribution in [0.25, 0.3) is 0 Å². The summed E-state index contributed by atoms with van der Waals surface area (Å²) in [6.07, 6.45) is 0.625. The Hall–Kier alpha value is -1.59. The second-order valence-corrected chi connectivity index (χ2v) is 6.92. The lowest BCUT2D eigenvalue weighted by atomic mass is 10.1. The third-order valence-electron chi connectivity index (χ3n) is 3.91. The van der Waals surface area contributed by atoms with Gasteiger partial charge in [0, 0.05) is 13.1 Å². The molecular formula is C17H24N2O3. The molecule has 1 N–H and O–H groups in total. The van der Waals surface area contributed by atoms with Crippen LogP contribution in [-0.2, 0) is 22.4 Å². The standard InChI is InChI=1S/C17H24N2O3/c1-17(2,3)22-16(20)19-8-7-12-5-4-6-13(15(12)19)9-18-14-10-21-11-14/h4-6,14,18H,7-11H2,1-3H3. The Kier molecular flexibility index (Phi) is 4.10. The molecule has 1 aromatic carbocycles. The third kappa shape index (κ3) is 3.25. The highest BCUT2D eigenvalue weighted by molar-refractivity contribution is 5.91. The third-order valence-corrected chi connectivity index (χ3v) is 3.91. The lowest BCUT2D eigenvalue weighted by Crippen LogP contribution is -2.45. The van der Waals surface area contributed by atoms with E-state index in [1.54, 1.807) is 4.90 Å². The summed E-state index contributed by atoms with van der Waals surface area (Å²) in [4.78, 5) is 14.2. The van der Waals surface area contributed by atoms with E-state index in [2.05, 4.69) is 23.5 Å². The number of benzene rings is 1. The average Bonchev–Trinajstić information content (AvgIpc) is 2.79. The van der Waals surface area contributed by atoms with Crippen molar-refractivity contribution in [3.8, 4) is 0 Å². The number of nitrogens with zero attached hydrogens (tertiary/aromatic N) is 1. The van der Waals surface area contributed by atoms with E-state index in [1.165, 1.54) is 5.56 Å². The molecule has 2 aliphatic rings. The molecule has 0 atom stereocenters. The molecule has 5 nitrogen and oxygen atoms in total. The summed E-state index contributed by atoms with van der Waals surface area (Å²) in [7, 11) is 0. The van der Waals surface area contributed by atoms with E-state index in [1.807, 2.05) is 20.8 Å². The van der Waals surface area contributed by atoms with Gasteiger partial charge in [0.15, 0.2) is 0 Å². The van der Waals surface area contributed by atoms with Crippen molar-refractivity contribution in [2.75, 3.05) is 24.7 Å². The monoisotopic (exact) mass is 304 g/mol. The minimum Gasteiger partial charge on any atom is -0.443 e. The van der Waals surface area contributed by atoms with Gasteiger partial charge < -0.3 is 14.8 Å². The summed E-state index contributed by atoms with van der Waals surface area (Å²) < 4.78 is 10.7. The zero-order valence-corrected chi connectivity index (χ0v) is 13.5. The van der Waals surface area contributed by atoms with Crippen molar-refractivity contribution < 1.29 is 14.3 Å². The largest absolute Gasteiger partial charge is 0.443 e. The van der Waals surface area contributed by atoms with Gasteiger partial charge in [0.2, 0.25) is 0 Å². The Balaban J connectivity index is 1.77. The number of fused-ring (bicyclic) bond motifs is 1. The lowest BCUT2D eigenvalue weighted by molar-refractivity contribution is -0.00577. The van der Waals surface area contributed by atoms with Crippen LogP contribution < -0.4 is 10.2 Å². The molecule has 3 rings (SSSR count). The molecule has 1 amide bonds. The highest BCUT2D eigenvalue weighted by atomic mass is 16.6. The molecule has 5 heteroatoms. The van der Waals surface area contributed by atoms with Crippen molar-refractivity contribution in [1.29, 1.82) is 0 Å². The molecule has 1 aromatic rings. The van der Waals surface area contributed by atoms with Crippen molar-refractivity contribution >= 4 is 11.8 Å². The van der Waals surface area contributed by atoms with E-state index in [4.69, 9.17) is 9.47 Å². The number of rotatable bonds is 3. The fraction of sp³-hybridized carbons (Fsp3) is 0.588. The van der Waals surface area contributed by atoms with Crippen molar-refractivity contribution in [2.24, 2.45) is 0 Å². The number of carbonyl (C=O) groups excluding carboxylic acids is 1. The van der Waals surface area contributed by atoms with E-state index in [0.717, 1.165) is 37.4 Å². The van der Waals surface area contributed by atoms with E-state index in [-0.39, 0.29) is 6.09 Å². The summed E-state index contributed by atoms with van der Waals surface area (Å²) in [5.41, 5.74) is 2.91. The Labute approximate surface area is 131 Å². The van der Waals surface area contributed by atoms with Crippen LogP contribution in [0.3, 0.4) is 0 Å². The molecule has 22 heavy (non-hydrogen) atoms. The second-order valence-electron chi connectivity index (χ2n) is 6.92. The number of hydrogen-bond donors (Lipinski definition) is 1. The van der Waals surface area contributed by atoms with Gasteiger partial charge in [-0.2, -0.15) is 0 Å². The number of amides is 1. The normalized spacial score (nSPS) is 18.0. The molecule has 2 heterocycles. The van der Waals surface area contributed by atoms with Crippen molar-refractivity contribution in [3.63, 3.8) is 0 Å². The second kappa shape index (κ2) is 5.89. The first kappa shape index (κ1) is 15.3. The topological polar surface area (TPSA) is 50.8 Å². The van der Waals surface area contributed by atoms with Gasteiger partial charge in [0.1, 0.15) is 5.60 Å². The van der Waals surface area contributed by atoms with Crippen LogP contribution >= 0.6 is 0 Å². The molecule has 0 aliphatic carbocycles. The Morgan fingerprint density at radius 2 is 2.18 bits per heavy atom. The van der Waals surface area contributed by atoms with Crippen LogP contribution in [0.5, 0.6) is 0 Å². The lowest BCUT2D eigenvalue weighted by Gasteiger charge is -2.29. The Bertz CT molecular complexity index is 562. The summed E-state index contributed by atoms with van der Waals surface area (Å²) in [5, 5.41) is 3.47. The first-order valence-electron chi connectivity index (χ1n) is 7.86. The van der Waals surface area contributed by atoms with E-state index >= 15 is 0 Å². The summed E-state index contributed by atoms with van der Waals surface area (Å²) >= 11 is 0. The minimum absolute atomic E-state index is 0.259. The van der Waals surface area contributed by atoms with Crippen LogP contribution in [0.4, 0.5) is 10.5 Å².